The number of H-pyrrole nitrogens is 3. The van der Waals surface area contributed by atoms with E-state index in [9.17, 15) is 71.9 Å². The molecule has 50 heteroatoms. The molecule has 16 rings (SSSR count). The van der Waals surface area contributed by atoms with Crippen molar-refractivity contribution in [3.63, 3.8) is 0 Å². The summed E-state index contributed by atoms with van der Waals surface area (Å²) in [5.41, 5.74) is 21.0. The first-order chi connectivity index (χ1) is 55.6. The fourth-order valence-electron chi connectivity index (χ4n) is 12.3. The van der Waals surface area contributed by atoms with E-state index >= 15 is 0 Å². The number of anilines is 4. The zero-order chi connectivity index (χ0) is 83.7. The first-order valence-electron chi connectivity index (χ1n) is 34.4. The van der Waals surface area contributed by atoms with Crippen LogP contribution in [0.25, 0.3) is 44.7 Å². The summed E-state index contributed by atoms with van der Waals surface area (Å²) in [5, 5.41) is 85.1. The Morgan fingerprint density at radius 3 is 1.20 bits per heavy atom. The van der Waals surface area contributed by atoms with Gasteiger partial charge in [0.1, 0.15) is 62.0 Å². The first kappa shape index (κ1) is 91.3. The van der Waals surface area contributed by atoms with Crippen LogP contribution in [0.15, 0.2) is 152 Å². The number of halogens is 5. The second-order valence-corrected chi connectivity index (χ2v) is 28.3. The fraction of sp³-hybridized carbons (Fsp3) is 0.338. The van der Waals surface area contributed by atoms with Crippen molar-refractivity contribution >= 4 is 102 Å². The second kappa shape index (κ2) is 39.8. The Morgan fingerprint density at radius 1 is 0.483 bits per heavy atom. The van der Waals surface area contributed by atoms with Gasteiger partial charge in [-0.25, -0.2) is 47.2 Å². The molecule has 0 bridgehead atoms. The number of nitrogens with one attached hydrogen (secondary N) is 3. The number of ether oxygens (including phenoxy) is 6. The van der Waals surface area contributed by atoms with Gasteiger partial charge in [0.25, 0.3) is 24.0 Å². The van der Waals surface area contributed by atoms with Crippen molar-refractivity contribution in [1.82, 2.24) is 77.8 Å². The van der Waals surface area contributed by atoms with Gasteiger partial charge < -0.3 is 111 Å². The predicted octanol–water partition coefficient (Wildman–Crippen LogP) is -1.87. The van der Waals surface area contributed by atoms with Crippen LogP contribution in [-0.4, -0.2) is 231 Å². The molecule has 4 aromatic carbocycles. The number of aliphatic hydroxyl groups excluding tert-OH is 9. The summed E-state index contributed by atoms with van der Waals surface area (Å²) >= 11 is 3.11. The molecule has 16 atom stereocenters. The van der Waals surface area contributed by atoms with E-state index < -0.39 is 154 Å². The minimum atomic E-state index is -3.13. The molecule has 4 saturated heterocycles. The number of aromatic nitrogens is 16. The van der Waals surface area contributed by atoms with E-state index in [1.807, 2.05) is 97.1 Å². The average molecular weight is 1830 g/mol. The molecule has 0 saturated carbocycles. The number of hydrogen-bond acceptors (Lipinski definition) is 35. The van der Waals surface area contributed by atoms with Crippen LogP contribution < -0.4 is 77.0 Å². The van der Waals surface area contributed by atoms with Gasteiger partial charge in [-0.3, -0.25) is 47.8 Å². The zero-order valence-corrected chi connectivity index (χ0v) is 65.5. The zero-order valence-electron chi connectivity index (χ0n) is 61.5. The van der Waals surface area contributed by atoms with Gasteiger partial charge in [0.2, 0.25) is 23.8 Å². The third kappa shape index (κ3) is 18.8. The molecule has 0 spiro atoms. The van der Waals surface area contributed by atoms with Crippen LogP contribution in [-0.2, 0) is 61.8 Å². The molecular formula is C68H79BrF4N22O21PPd-. The Bertz CT molecular complexity index is 5620. The van der Waals surface area contributed by atoms with Gasteiger partial charge in [0.05, 0.1) is 32.8 Å². The third-order valence-electron chi connectivity index (χ3n) is 17.9. The van der Waals surface area contributed by atoms with E-state index in [1.54, 1.807) is 24.3 Å². The van der Waals surface area contributed by atoms with E-state index in [2.05, 4.69) is 70.8 Å². The van der Waals surface area contributed by atoms with E-state index in [0.717, 1.165) is 22.8 Å². The molecule has 638 valence electrons. The van der Waals surface area contributed by atoms with Crippen LogP contribution in [0.2, 0.25) is 0 Å². The van der Waals surface area contributed by atoms with Crippen molar-refractivity contribution in [3.05, 3.63) is 192 Å². The van der Waals surface area contributed by atoms with E-state index in [-0.39, 0.29) is 126 Å². The van der Waals surface area contributed by atoms with Crippen molar-refractivity contribution in [1.29, 1.82) is 0 Å². The molecule has 0 amide bonds. The van der Waals surface area contributed by atoms with Gasteiger partial charge in [-0.1, -0.05) is 97.1 Å². The van der Waals surface area contributed by atoms with Crippen LogP contribution >= 0.6 is 23.3 Å². The number of alkyl halides is 4. The van der Waals surface area contributed by atoms with Crippen LogP contribution in [0.5, 0.6) is 12.0 Å². The smallest absolute Gasteiger partial charge is 0.301 e. The monoisotopic (exact) mass is 1830 g/mol. The number of hydrogen-bond donors (Lipinski definition) is 18. The number of benzene rings is 4. The third-order valence-corrected chi connectivity index (χ3v) is 20.7. The number of aliphatic hydroxyl groups is 9. The topological polar surface area (TPSA) is 663 Å². The Labute approximate surface area is 682 Å². The molecule has 24 N–H and O–H groups in total. The van der Waals surface area contributed by atoms with Crippen LogP contribution in [0.4, 0.5) is 41.4 Å². The van der Waals surface area contributed by atoms with Crippen LogP contribution in [0.1, 0.15) is 36.0 Å². The maximum atomic E-state index is 14.3. The summed E-state index contributed by atoms with van der Waals surface area (Å²) < 4.78 is 112. The van der Waals surface area contributed by atoms with E-state index in [4.69, 9.17) is 83.0 Å². The Kier molecular flexibility index (Phi) is 30.7. The number of aromatic amines is 3. The number of nitrogen functional groups attached to an aromatic ring is 5. The Morgan fingerprint density at radius 2 is 0.814 bits per heavy atom. The minimum absolute atomic E-state index is 0. The van der Waals surface area contributed by atoms with Crippen molar-refractivity contribution in [2.24, 2.45) is 5.90 Å². The predicted molar refractivity (Wildman–Crippen MR) is 410 cm³/mol. The standard InChI is InChI=1S/C17H19FN6O5.C17H18FN5O5.C12H12NO2P.C10H11BrFN5O4.C10H12FN5O4.CH4O.CH3.Pd/c18-10-9(6-25)29-15(12(10)26)23-13-11(14(27)24(20)16(19)22-13)21-17(23)28-7-8-4-2-1-3-5-8;18-10-9(6-24)28-15(12(10)25)23-13-11(14(26)22-16(19)21-13)20-17(23)27-7-8-4-2-1-3-5-8;13-15-16(14,11-7-3-1-4-8-11)12-9-5-2-6-10-12;11-9-14-4-6(15-10(13)16-7(4)20)17(9)8-5(19)3(12)2(1-18)21-8;11-4-3(1-17)20-9(6(4)18)16-2-13-5-7(16)14-10(12)15-8(5)19;1-2;;/h1-5,9-10,12,15,25-26H,6-7,20H2,(H2,19,22);1-5,9-10,12,15,24-25H,6-7H2,(H3,19,21,22,26);1-10H,13H2;2-3,5,8,18-19H,1H2,(H3,13,15,16,20);2-4,6,9,17-18H,1H2,(H3,12,14,15,19);2H,1H3;1H3;/q;;;;;;-1;/t2*9-,10+,12-,15-;;2-,3+,5-,8-;3-,4+,6-,9-;;;/m11.11.../s1. The summed E-state index contributed by atoms with van der Waals surface area (Å²) in [6.45, 7) is -2.26. The molecule has 12 aromatic rings. The molecule has 8 aromatic heterocycles. The van der Waals surface area contributed by atoms with Crippen LogP contribution in [0.3, 0.4) is 0 Å². The number of fused-ring (bicyclic) bond motifs is 4. The van der Waals surface area contributed by atoms with Crippen molar-refractivity contribution in [2.45, 2.75) is 112 Å². The normalized spacial score (nSPS) is 23.7. The number of imidazole rings is 4. The number of rotatable bonds is 17. The molecule has 43 nitrogen and oxygen atoms in total. The maximum absolute atomic E-state index is 14.3. The molecule has 0 unspecified atom stereocenters. The summed E-state index contributed by atoms with van der Waals surface area (Å²) in [6.07, 6.45) is -22.2. The van der Waals surface area contributed by atoms with Crippen molar-refractivity contribution in [3.8, 4) is 12.0 Å². The minimum Gasteiger partial charge on any atom is -0.460 e. The summed E-state index contributed by atoms with van der Waals surface area (Å²) in [6, 6.07) is 36.0. The largest absolute Gasteiger partial charge is 0.460 e. The quantitative estimate of drug-likeness (QED) is 0.00903. The second-order valence-electron chi connectivity index (χ2n) is 25.2. The van der Waals surface area contributed by atoms with Gasteiger partial charge in [-0.15, -0.1) is 0 Å². The van der Waals surface area contributed by atoms with Gasteiger partial charge in [-0.05, 0) is 51.3 Å². The average Bonchev–Trinajstić information content (AvgIpc) is 1.60. The number of nitrogens with two attached hydrogens (primary N) is 6. The van der Waals surface area contributed by atoms with Gasteiger partial charge in [-0.2, -0.15) is 34.6 Å². The molecular weight excluding hydrogens is 1750 g/mol. The molecule has 4 aliphatic rings. The molecule has 118 heavy (non-hydrogen) atoms. The van der Waals surface area contributed by atoms with Crippen molar-refractivity contribution < 1.29 is 122 Å². The van der Waals surface area contributed by atoms with Crippen molar-refractivity contribution in [2.75, 3.05) is 62.3 Å². The summed E-state index contributed by atoms with van der Waals surface area (Å²) in [7, 11) is -2.13. The number of nitrogens with zero attached hydrogens (tertiary/aromatic N) is 13. The summed E-state index contributed by atoms with van der Waals surface area (Å²) in [4.78, 5) is 86.8. The molecule has 4 aliphatic heterocycles. The first-order valence-corrected chi connectivity index (χ1v) is 36.8. The molecule has 0 radical (unpaired) electrons. The Hall–Kier alpha value is -10.6. The molecule has 12 heterocycles. The SMILES string of the molecule is CO.NOP(=O)(c1ccccc1)c1ccccc1.Nc1nc2c(nc(Br)n2[C@@H]2O[C@H](CO)[C@H](F)[C@H]2O)c(=O)[nH]1.Nc1nc2c(nc(OCc3ccccc3)n2[C@@H]2O[C@H](CO)[C@H](F)[C@H]2O)c(=O)[nH]1.Nc1nc2c(nc(OCc3ccccc3)n2[C@@H]2O[C@H](CO)[C@H](F)[C@H]2O)c(=O)n1N.Nc1nc2c(ncn2[C@@H]2O[C@H](CO)[C@H](F)[C@H]2O)c(=O)[nH]1.[CH3-].[Pd]. The van der Waals surface area contributed by atoms with Gasteiger partial charge in [0, 0.05) is 38.1 Å². The molecule has 0 aliphatic carbocycles. The van der Waals surface area contributed by atoms with E-state index in [1.165, 1.54) is 20.0 Å². The van der Waals surface area contributed by atoms with Crippen LogP contribution in [0, 0.1) is 7.43 Å². The maximum Gasteiger partial charge on any atom is 0.301 e. The van der Waals surface area contributed by atoms with Gasteiger partial charge >= 0.3 is 17.6 Å². The molecule has 4 fully saturated rings. The van der Waals surface area contributed by atoms with Gasteiger partial charge in [0.15, 0.2) is 99.0 Å². The fourth-order valence-corrected chi connectivity index (χ4v) is 14.5. The Balaban J connectivity index is 0.000000169. The van der Waals surface area contributed by atoms with E-state index in [0.29, 0.717) is 15.3 Å². The summed E-state index contributed by atoms with van der Waals surface area (Å²) in [5.74, 6) is 10.00.